The molecule has 0 aromatic heterocycles. The Labute approximate surface area is 131 Å². The third kappa shape index (κ3) is 2.66. The number of carboxylic acid groups (broad SMARTS) is 1. The quantitative estimate of drug-likeness (QED) is 0.849. The van der Waals surface area contributed by atoms with Crippen molar-refractivity contribution in [1.82, 2.24) is 0 Å². The molecule has 2 aromatic carbocycles. The number of hydrogen-bond donors (Lipinski definition) is 2. The third-order valence-electron chi connectivity index (χ3n) is 3.57. The van der Waals surface area contributed by atoms with Crippen molar-refractivity contribution in [2.45, 2.75) is 13.0 Å². The summed E-state index contributed by atoms with van der Waals surface area (Å²) in [5.74, 6) is -1.43. The van der Waals surface area contributed by atoms with Gasteiger partial charge < -0.3 is 15.2 Å². The number of nitrogens with one attached hydrogen (secondary N) is 1. The molecule has 0 saturated carbocycles. The van der Waals surface area contributed by atoms with Gasteiger partial charge in [0.1, 0.15) is 5.75 Å². The highest BCUT2D eigenvalue weighted by atomic mass is 16.5. The largest absolute Gasteiger partial charge is 0.479 e. The molecule has 6 nitrogen and oxygen atoms in total. The zero-order valence-corrected chi connectivity index (χ0v) is 12.2. The molecule has 1 unspecified atom stereocenters. The van der Waals surface area contributed by atoms with Gasteiger partial charge in [-0.2, -0.15) is 0 Å². The summed E-state index contributed by atoms with van der Waals surface area (Å²) in [6.07, 6.45) is -0.600. The van der Waals surface area contributed by atoms with Gasteiger partial charge >= 0.3 is 5.97 Å². The number of rotatable bonds is 3. The third-order valence-corrected chi connectivity index (χ3v) is 3.57. The number of ether oxygens (including phenoxy) is 1. The van der Waals surface area contributed by atoms with Gasteiger partial charge in [0.05, 0.1) is 11.3 Å². The average Bonchev–Trinajstić information content (AvgIpc) is 2.55. The minimum absolute atomic E-state index is 0.0656. The van der Waals surface area contributed by atoms with E-state index in [1.54, 1.807) is 31.2 Å². The molecule has 1 aliphatic heterocycles. The van der Waals surface area contributed by atoms with Crippen molar-refractivity contribution >= 4 is 23.3 Å². The second-order valence-corrected chi connectivity index (χ2v) is 5.14. The predicted molar refractivity (Wildman–Crippen MR) is 82.0 cm³/mol. The van der Waals surface area contributed by atoms with Crippen LogP contribution in [-0.2, 0) is 4.79 Å². The van der Waals surface area contributed by atoms with E-state index in [2.05, 4.69) is 5.32 Å². The number of fused-ring (bicyclic) bond motifs is 1. The lowest BCUT2D eigenvalue weighted by Gasteiger charge is -2.23. The van der Waals surface area contributed by atoms with Gasteiger partial charge in [0, 0.05) is 11.1 Å². The maximum Gasteiger partial charge on any atom is 0.336 e. The van der Waals surface area contributed by atoms with Gasteiger partial charge in [-0.15, -0.1) is 0 Å². The molecule has 0 radical (unpaired) electrons. The van der Waals surface area contributed by atoms with Crippen LogP contribution in [0.25, 0.3) is 0 Å². The van der Waals surface area contributed by atoms with Gasteiger partial charge in [0.25, 0.3) is 5.91 Å². The fourth-order valence-corrected chi connectivity index (χ4v) is 2.37. The first kappa shape index (κ1) is 14.8. The van der Waals surface area contributed by atoms with E-state index < -0.39 is 17.9 Å². The van der Waals surface area contributed by atoms with Crippen molar-refractivity contribution in [3.8, 4) is 5.75 Å². The molecule has 0 bridgehead atoms. The number of benzene rings is 2. The summed E-state index contributed by atoms with van der Waals surface area (Å²) in [6.45, 7) is 1.63. The van der Waals surface area contributed by atoms with Gasteiger partial charge in [-0.25, -0.2) is 4.79 Å². The van der Waals surface area contributed by atoms with E-state index in [1.165, 1.54) is 18.2 Å². The van der Waals surface area contributed by atoms with Crippen molar-refractivity contribution in [3.63, 3.8) is 0 Å². The molecule has 2 aromatic rings. The minimum Gasteiger partial charge on any atom is -0.479 e. The number of ketones is 1. The Morgan fingerprint density at radius 2 is 1.83 bits per heavy atom. The Balaban J connectivity index is 2.00. The molecule has 0 saturated heterocycles. The second-order valence-electron chi connectivity index (χ2n) is 5.14. The van der Waals surface area contributed by atoms with Crippen LogP contribution in [0.15, 0.2) is 42.5 Å². The molecule has 0 fully saturated rings. The lowest BCUT2D eigenvalue weighted by molar-refractivity contribution is -0.122. The first-order valence-electron chi connectivity index (χ1n) is 6.96. The number of amides is 1. The number of carboxylic acids is 1. The smallest absolute Gasteiger partial charge is 0.336 e. The van der Waals surface area contributed by atoms with E-state index in [9.17, 15) is 19.5 Å². The van der Waals surface area contributed by atoms with E-state index in [0.717, 1.165) is 0 Å². The van der Waals surface area contributed by atoms with Gasteiger partial charge in [-0.1, -0.05) is 18.2 Å². The average molecular weight is 311 g/mol. The Morgan fingerprint density at radius 3 is 2.52 bits per heavy atom. The molecule has 23 heavy (non-hydrogen) atoms. The van der Waals surface area contributed by atoms with Crippen molar-refractivity contribution in [3.05, 3.63) is 59.2 Å². The van der Waals surface area contributed by atoms with Gasteiger partial charge in [-0.05, 0) is 31.2 Å². The molecular formula is C17H13NO5. The summed E-state index contributed by atoms with van der Waals surface area (Å²) in [4.78, 5) is 35.5. The maximum atomic E-state index is 12.6. The molecule has 6 heteroatoms. The summed E-state index contributed by atoms with van der Waals surface area (Å²) in [6, 6.07) is 10.6. The molecule has 0 aliphatic carbocycles. The molecule has 1 heterocycles. The van der Waals surface area contributed by atoms with Crippen molar-refractivity contribution < 1.29 is 24.2 Å². The number of aromatic carboxylic acids is 1. The van der Waals surface area contributed by atoms with Gasteiger partial charge in [-0.3, -0.25) is 9.59 Å². The maximum absolute atomic E-state index is 12.6. The van der Waals surface area contributed by atoms with E-state index >= 15 is 0 Å². The summed E-state index contributed by atoms with van der Waals surface area (Å²) >= 11 is 0. The second kappa shape index (κ2) is 5.57. The summed E-state index contributed by atoms with van der Waals surface area (Å²) in [7, 11) is 0. The van der Waals surface area contributed by atoms with Crippen LogP contribution in [-0.4, -0.2) is 28.9 Å². The van der Waals surface area contributed by atoms with Crippen LogP contribution in [0.1, 0.15) is 33.2 Å². The van der Waals surface area contributed by atoms with Crippen molar-refractivity contribution in [2.75, 3.05) is 5.32 Å². The first-order valence-corrected chi connectivity index (χ1v) is 6.96. The lowest BCUT2D eigenvalue weighted by Crippen LogP contribution is -2.34. The summed E-state index contributed by atoms with van der Waals surface area (Å²) in [5.41, 5.74) is 0.697. The van der Waals surface area contributed by atoms with Crippen LogP contribution in [0.3, 0.4) is 0 Å². The molecule has 3 rings (SSSR count). The highest BCUT2D eigenvalue weighted by Gasteiger charge is 2.25. The topological polar surface area (TPSA) is 92.7 Å². The highest BCUT2D eigenvalue weighted by Crippen LogP contribution is 2.31. The van der Waals surface area contributed by atoms with E-state index in [0.29, 0.717) is 11.4 Å². The Bertz CT molecular complexity index is 827. The number of anilines is 1. The SMILES string of the molecule is CC1Oc2ccc(C(=O)c3ccccc3C(=O)O)cc2NC1=O. The minimum atomic E-state index is -1.17. The normalized spacial score (nSPS) is 16.0. The van der Waals surface area contributed by atoms with Gasteiger partial charge in [0.2, 0.25) is 0 Å². The Kier molecular flexibility index (Phi) is 3.57. The predicted octanol–water partition coefficient (Wildman–Crippen LogP) is 2.34. The Morgan fingerprint density at radius 1 is 1.13 bits per heavy atom. The van der Waals surface area contributed by atoms with Gasteiger partial charge in [0.15, 0.2) is 11.9 Å². The fourth-order valence-electron chi connectivity index (χ4n) is 2.37. The van der Waals surface area contributed by atoms with Crippen LogP contribution in [0.4, 0.5) is 5.69 Å². The van der Waals surface area contributed by atoms with Crippen LogP contribution in [0.5, 0.6) is 5.75 Å². The monoisotopic (exact) mass is 311 g/mol. The van der Waals surface area contributed by atoms with Crippen LogP contribution in [0.2, 0.25) is 0 Å². The van der Waals surface area contributed by atoms with Crippen LogP contribution >= 0.6 is 0 Å². The lowest BCUT2D eigenvalue weighted by atomic mass is 9.97. The molecule has 116 valence electrons. The zero-order chi connectivity index (χ0) is 16.6. The standard InChI is InChI=1S/C17H13NO5/c1-9-16(20)18-13-8-10(6-7-14(13)23-9)15(19)11-4-2-3-5-12(11)17(21)22/h2-9H,1H3,(H,18,20)(H,21,22). The fraction of sp³-hybridized carbons (Fsp3) is 0.118. The highest BCUT2D eigenvalue weighted by molar-refractivity contribution is 6.15. The Hall–Kier alpha value is -3.15. The summed E-state index contributed by atoms with van der Waals surface area (Å²) < 4.78 is 5.43. The number of hydrogen-bond acceptors (Lipinski definition) is 4. The molecular weight excluding hydrogens is 298 g/mol. The molecule has 0 spiro atoms. The number of carbonyl (C=O) groups is 3. The zero-order valence-electron chi connectivity index (χ0n) is 12.2. The molecule has 1 amide bonds. The van der Waals surface area contributed by atoms with Crippen molar-refractivity contribution in [2.24, 2.45) is 0 Å². The van der Waals surface area contributed by atoms with Crippen LogP contribution in [0, 0.1) is 0 Å². The molecule has 1 atom stereocenters. The van der Waals surface area contributed by atoms with E-state index in [-0.39, 0.29) is 22.6 Å². The first-order chi connectivity index (χ1) is 11.0. The van der Waals surface area contributed by atoms with Crippen LogP contribution < -0.4 is 10.1 Å². The molecule has 1 aliphatic rings. The van der Waals surface area contributed by atoms with E-state index in [4.69, 9.17) is 4.74 Å². The number of carbonyl (C=O) groups excluding carboxylic acids is 2. The summed E-state index contributed by atoms with van der Waals surface area (Å²) in [5, 5.41) is 11.8. The van der Waals surface area contributed by atoms with Crippen molar-refractivity contribution in [1.29, 1.82) is 0 Å². The van der Waals surface area contributed by atoms with E-state index in [1.807, 2.05) is 0 Å². The molecule has 2 N–H and O–H groups in total.